The van der Waals surface area contributed by atoms with E-state index in [0.717, 1.165) is 50.9 Å². The van der Waals surface area contributed by atoms with Crippen molar-refractivity contribution in [2.75, 3.05) is 34.2 Å². The van der Waals surface area contributed by atoms with E-state index in [1.165, 1.54) is 11.1 Å². The zero-order valence-electron chi connectivity index (χ0n) is 19.6. The van der Waals surface area contributed by atoms with Crippen molar-refractivity contribution in [2.24, 2.45) is 5.10 Å². The molecule has 0 bridgehead atoms. The maximum absolute atomic E-state index is 12.1. The monoisotopic (exact) mass is 455 g/mol. The normalized spacial score (nSPS) is 21.5. The number of hydrogen-bond donors (Lipinski definition) is 2. The molecule has 2 aliphatic rings. The third-order valence-corrected chi connectivity index (χ3v) is 6.78. The molecule has 2 aromatic rings. The maximum Gasteiger partial charge on any atom is 0.293 e. The van der Waals surface area contributed by atoms with Gasteiger partial charge in [-0.15, -0.1) is 10.2 Å². The number of hydrogen-bond acceptors (Lipinski definition) is 9. The summed E-state index contributed by atoms with van der Waals surface area (Å²) < 4.78 is 1.30. The van der Waals surface area contributed by atoms with Crippen LogP contribution in [0.15, 0.2) is 17.2 Å². The first-order valence-corrected chi connectivity index (χ1v) is 11.7. The number of piperidine rings is 2. The summed E-state index contributed by atoms with van der Waals surface area (Å²) in [6.07, 6.45) is 8.23. The van der Waals surface area contributed by atoms with Crippen molar-refractivity contribution in [3.05, 3.63) is 33.6 Å². The molecule has 33 heavy (non-hydrogen) atoms. The second kappa shape index (κ2) is 9.63. The number of nitro groups is 1. The van der Waals surface area contributed by atoms with E-state index in [1.54, 1.807) is 19.2 Å². The van der Waals surface area contributed by atoms with Crippen LogP contribution in [-0.2, 0) is 0 Å². The quantitative estimate of drug-likeness (QED) is 0.293. The molecule has 3 N–H and O–H groups in total. The highest BCUT2D eigenvalue weighted by molar-refractivity contribution is 5.92. The van der Waals surface area contributed by atoms with Crippen molar-refractivity contribution in [1.29, 1.82) is 0 Å². The average Bonchev–Trinajstić information content (AvgIpc) is 3.12. The molecule has 0 aliphatic carbocycles. The lowest BCUT2D eigenvalue weighted by Gasteiger charge is -2.39. The summed E-state index contributed by atoms with van der Waals surface area (Å²) in [4.78, 5) is 16.3. The lowest BCUT2D eigenvalue weighted by atomic mass is 9.98. The van der Waals surface area contributed by atoms with E-state index < -0.39 is 0 Å². The number of nitrogens with two attached hydrogens (primary N) is 1. The van der Waals surface area contributed by atoms with E-state index in [-0.39, 0.29) is 16.7 Å². The van der Waals surface area contributed by atoms with Crippen molar-refractivity contribution in [3.8, 4) is 0 Å². The Bertz CT molecular complexity index is 1040. The van der Waals surface area contributed by atoms with Gasteiger partial charge in [-0.05, 0) is 65.4 Å². The van der Waals surface area contributed by atoms with Crippen molar-refractivity contribution in [3.63, 3.8) is 0 Å². The van der Waals surface area contributed by atoms with E-state index in [4.69, 9.17) is 5.84 Å². The number of aryl methyl sites for hydroxylation is 1. The lowest BCUT2D eigenvalue weighted by Crippen LogP contribution is -2.40. The Morgan fingerprint density at radius 2 is 1.73 bits per heavy atom. The summed E-state index contributed by atoms with van der Waals surface area (Å²) in [7, 11) is 0. The average molecular weight is 456 g/mol. The second-order valence-electron chi connectivity index (χ2n) is 9.04. The molecule has 0 saturated carbocycles. The summed E-state index contributed by atoms with van der Waals surface area (Å²) in [5, 5.41) is 24.2. The Labute approximate surface area is 193 Å². The molecule has 1 aromatic carbocycles. The smallest absolute Gasteiger partial charge is 0.293 e. The van der Waals surface area contributed by atoms with Crippen LogP contribution < -0.4 is 21.1 Å². The third-order valence-electron chi connectivity index (χ3n) is 6.78. The fourth-order valence-corrected chi connectivity index (χ4v) is 4.83. The van der Waals surface area contributed by atoms with Crippen molar-refractivity contribution in [2.45, 2.75) is 71.4 Å². The van der Waals surface area contributed by atoms with Gasteiger partial charge in [-0.1, -0.05) is 0 Å². The molecule has 1 aromatic heterocycles. The van der Waals surface area contributed by atoms with Crippen LogP contribution in [0.25, 0.3) is 0 Å². The minimum Gasteiger partial charge on any atom is -0.368 e. The third kappa shape index (κ3) is 4.71. The summed E-state index contributed by atoms with van der Waals surface area (Å²) in [5.41, 5.74) is 5.26. The first-order chi connectivity index (χ1) is 15.9. The predicted molar refractivity (Wildman–Crippen MR) is 131 cm³/mol. The van der Waals surface area contributed by atoms with E-state index in [2.05, 4.69) is 44.4 Å². The predicted octanol–water partition coefficient (Wildman–Crippen LogP) is 3.41. The van der Waals surface area contributed by atoms with Gasteiger partial charge in [0.1, 0.15) is 5.69 Å². The minimum absolute atomic E-state index is 0.108. The van der Waals surface area contributed by atoms with Crippen LogP contribution in [0.1, 0.15) is 63.8 Å². The summed E-state index contributed by atoms with van der Waals surface area (Å²) in [5.74, 6) is 6.72. The molecule has 11 nitrogen and oxygen atoms in total. The van der Waals surface area contributed by atoms with Gasteiger partial charge in [-0.3, -0.25) is 10.1 Å². The molecule has 0 amide bonds. The van der Waals surface area contributed by atoms with Crippen LogP contribution >= 0.6 is 0 Å². The van der Waals surface area contributed by atoms with Crippen LogP contribution in [0.5, 0.6) is 0 Å². The molecule has 2 atom stereocenters. The maximum atomic E-state index is 12.1. The van der Waals surface area contributed by atoms with Crippen molar-refractivity contribution >= 4 is 29.2 Å². The van der Waals surface area contributed by atoms with Gasteiger partial charge in [0, 0.05) is 42.5 Å². The molecule has 2 saturated heterocycles. The lowest BCUT2D eigenvalue weighted by molar-refractivity contribution is -0.384. The zero-order valence-corrected chi connectivity index (χ0v) is 19.6. The number of benzene rings is 1. The van der Waals surface area contributed by atoms with Crippen LogP contribution in [0.2, 0.25) is 0 Å². The van der Waals surface area contributed by atoms with Gasteiger partial charge in [0.15, 0.2) is 5.82 Å². The summed E-state index contributed by atoms with van der Waals surface area (Å²) >= 11 is 0. The highest BCUT2D eigenvalue weighted by Gasteiger charge is 2.30. The molecule has 11 heteroatoms. The Morgan fingerprint density at radius 1 is 1.09 bits per heavy atom. The Morgan fingerprint density at radius 3 is 2.27 bits per heavy atom. The SMILES string of the molecule is Cc1nnc(N/N=C/c2cc([N+](=O)[O-])c(N3CCCC[C@@H]3C)cc2N2CCCC[C@@H]2C)n1N. The number of rotatable bonds is 6. The van der Waals surface area contributed by atoms with Gasteiger partial charge >= 0.3 is 0 Å². The van der Waals surface area contributed by atoms with E-state index in [0.29, 0.717) is 29.1 Å². The number of anilines is 3. The van der Waals surface area contributed by atoms with Crippen LogP contribution in [-0.4, -0.2) is 51.2 Å². The van der Waals surface area contributed by atoms with Crippen LogP contribution in [0.3, 0.4) is 0 Å². The van der Waals surface area contributed by atoms with Crippen molar-refractivity contribution < 1.29 is 4.92 Å². The van der Waals surface area contributed by atoms with Gasteiger partial charge < -0.3 is 15.6 Å². The number of nitro benzene ring substituents is 1. The minimum atomic E-state index is -0.287. The number of nitrogens with zero attached hydrogens (tertiary/aromatic N) is 7. The first kappa shape index (κ1) is 22.8. The molecule has 178 valence electrons. The second-order valence-corrected chi connectivity index (χ2v) is 9.04. The first-order valence-electron chi connectivity index (χ1n) is 11.7. The van der Waals surface area contributed by atoms with Crippen LogP contribution in [0, 0.1) is 17.0 Å². The number of hydrazone groups is 1. The highest BCUT2D eigenvalue weighted by atomic mass is 16.6. The van der Waals surface area contributed by atoms with Gasteiger partial charge in [0.25, 0.3) is 11.6 Å². The highest BCUT2D eigenvalue weighted by Crippen LogP contribution is 2.39. The van der Waals surface area contributed by atoms with Crippen molar-refractivity contribution in [1.82, 2.24) is 14.9 Å². The molecule has 0 unspecified atom stereocenters. The van der Waals surface area contributed by atoms with Gasteiger partial charge in [0.05, 0.1) is 11.1 Å². The van der Waals surface area contributed by atoms with E-state index in [9.17, 15) is 10.1 Å². The molecule has 2 aliphatic heterocycles. The van der Waals surface area contributed by atoms with E-state index in [1.807, 2.05) is 6.07 Å². The zero-order chi connectivity index (χ0) is 23.5. The van der Waals surface area contributed by atoms with Gasteiger partial charge in [0.2, 0.25) is 0 Å². The Hall–Kier alpha value is -3.37. The number of aromatic nitrogens is 3. The van der Waals surface area contributed by atoms with Gasteiger partial charge in [-0.25, -0.2) is 10.1 Å². The molecule has 4 rings (SSSR count). The van der Waals surface area contributed by atoms with Crippen LogP contribution in [0.4, 0.5) is 23.0 Å². The largest absolute Gasteiger partial charge is 0.368 e. The topological polar surface area (TPSA) is 131 Å². The fraction of sp³-hybridized carbons (Fsp3) is 0.591. The molecular formula is C22H33N9O2. The molecule has 3 heterocycles. The van der Waals surface area contributed by atoms with Gasteiger partial charge in [-0.2, -0.15) is 5.10 Å². The number of nitrogens with one attached hydrogen (secondary N) is 1. The molecule has 0 radical (unpaired) electrons. The Kier molecular flexibility index (Phi) is 6.66. The molecular weight excluding hydrogens is 422 g/mol. The molecule has 0 spiro atoms. The standard InChI is InChI=1S/C22H33N9O2/c1-15-8-4-6-10-28(15)19-13-20(29-11-7-5-9-16(29)2)21(31(32)33)12-18(19)14-24-26-22-27-25-17(3)30(22)23/h12-16H,4-11,23H2,1-3H3,(H,26,27)/b24-14+/t15-,16-/m0/s1. The summed E-state index contributed by atoms with van der Waals surface area (Å²) in [6.45, 7) is 7.84. The fourth-order valence-electron chi connectivity index (χ4n) is 4.83. The Balaban J connectivity index is 1.76. The van der Waals surface area contributed by atoms with E-state index >= 15 is 0 Å². The molecule has 2 fully saturated rings. The summed E-state index contributed by atoms with van der Waals surface area (Å²) in [6, 6.07) is 4.27. The number of nitrogen functional groups attached to an aromatic ring is 1.